The van der Waals surface area contributed by atoms with Gasteiger partial charge in [0.15, 0.2) is 9.84 Å². The molecule has 1 saturated carbocycles. The number of sulfone groups is 1. The summed E-state index contributed by atoms with van der Waals surface area (Å²) in [6, 6.07) is -0.155. The molecule has 2 fully saturated rings. The van der Waals surface area contributed by atoms with Crippen LogP contribution in [0.1, 0.15) is 57.8 Å². The van der Waals surface area contributed by atoms with Gasteiger partial charge in [-0.3, -0.25) is 4.79 Å². The molecule has 5 heteroatoms. The summed E-state index contributed by atoms with van der Waals surface area (Å²) in [6.07, 6.45) is 9.45. The summed E-state index contributed by atoms with van der Waals surface area (Å²) in [7, 11) is -2.93. The third kappa shape index (κ3) is 5.13. The summed E-state index contributed by atoms with van der Waals surface area (Å²) < 4.78 is 23.0. The topological polar surface area (TPSA) is 63.2 Å². The van der Waals surface area contributed by atoms with E-state index in [4.69, 9.17) is 0 Å². The first-order valence-corrected chi connectivity index (χ1v) is 9.37. The van der Waals surface area contributed by atoms with E-state index in [9.17, 15) is 13.2 Å². The number of carbonyl (C=O) groups is 1. The third-order valence-electron chi connectivity index (χ3n) is 4.32. The summed E-state index contributed by atoms with van der Waals surface area (Å²) in [4.78, 5) is 11.8. The lowest BCUT2D eigenvalue weighted by Gasteiger charge is -2.23. The van der Waals surface area contributed by atoms with Gasteiger partial charge in [-0.2, -0.15) is 0 Å². The average molecular weight is 287 g/mol. The Morgan fingerprint density at radius 3 is 2.53 bits per heavy atom. The molecular weight excluding hydrogens is 262 g/mol. The molecule has 0 aromatic rings. The molecule has 0 aromatic carbocycles. The Kier molecular flexibility index (Phi) is 5.25. The first kappa shape index (κ1) is 14.8. The van der Waals surface area contributed by atoms with E-state index in [1.165, 1.54) is 25.7 Å². The van der Waals surface area contributed by atoms with E-state index in [1.807, 2.05) is 0 Å². The van der Waals surface area contributed by atoms with Crippen LogP contribution >= 0.6 is 0 Å². The molecule has 19 heavy (non-hydrogen) atoms. The van der Waals surface area contributed by atoms with Crippen molar-refractivity contribution in [2.75, 3.05) is 11.5 Å². The molecule has 0 aromatic heterocycles. The Morgan fingerprint density at radius 1 is 1.11 bits per heavy atom. The van der Waals surface area contributed by atoms with Crippen LogP contribution in [0, 0.1) is 5.92 Å². The van der Waals surface area contributed by atoms with Gasteiger partial charge in [-0.05, 0) is 31.6 Å². The Morgan fingerprint density at radius 2 is 1.84 bits per heavy atom. The molecule has 2 rings (SSSR count). The van der Waals surface area contributed by atoms with Gasteiger partial charge in [0.25, 0.3) is 0 Å². The van der Waals surface area contributed by atoms with Crippen molar-refractivity contribution in [1.29, 1.82) is 0 Å². The molecule has 0 radical (unpaired) electrons. The lowest BCUT2D eigenvalue weighted by molar-refractivity contribution is -0.121. The molecule has 1 N–H and O–H groups in total. The van der Waals surface area contributed by atoms with Crippen molar-refractivity contribution in [3.05, 3.63) is 0 Å². The Labute approximate surface area is 116 Å². The lowest BCUT2D eigenvalue weighted by Crippen LogP contribution is -2.43. The van der Waals surface area contributed by atoms with Crippen molar-refractivity contribution < 1.29 is 13.2 Å². The van der Waals surface area contributed by atoms with E-state index in [2.05, 4.69) is 5.32 Å². The highest BCUT2D eigenvalue weighted by Crippen LogP contribution is 2.28. The van der Waals surface area contributed by atoms with Crippen molar-refractivity contribution >= 4 is 15.7 Å². The molecule has 1 saturated heterocycles. The van der Waals surface area contributed by atoms with Crippen LogP contribution in [0.15, 0.2) is 0 Å². The summed E-state index contributed by atoms with van der Waals surface area (Å²) in [5.74, 6) is 1.26. The standard InChI is InChI=1S/C14H25NO3S/c16-14(9-3-7-12-5-1-2-6-12)15-13-8-4-10-19(17,18)11-13/h12-13H,1-11H2,(H,15,16). The smallest absolute Gasteiger partial charge is 0.220 e. The van der Waals surface area contributed by atoms with Crippen LogP contribution in [0.3, 0.4) is 0 Å². The molecule has 0 bridgehead atoms. The SMILES string of the molecule is O=C(CCCC1CCCC1)NC1CCCS(=O)(=O)C1. The number of nitrogens with one attached hydrogen (secondary N) is 1. The second-order valence-electron chi connectivity index (χ2n) is 6.06. The van der Waals surface area contributed by atoms with Gasteiger partial charge in [0.2, 0.25) is 5.91 Å². The second kappa shape index (κ2) is 6.73. The molecule has 1 aliphatic heterocycles. The van der Waals surface area contributed by atoms with Crippen molar-refractivity contribution in [3.8, 4) is 0 Å². The van der Waals surface area contributed by atoms with Crippen LogP contribution in [0.4, 0.5) is 0 Å². The zero-order valence-corrected chi connectivity index (χ0v) is 12.4. The van der Waals surface area contributed by atoms with Gasteiger partial charge in [0.1, 0.15) is 0 Å². The van der Waals surface area contributed by atoms with Crippen LogP contribution in [-0.2, 0) is 14.6 Å². The van der Waals surface area contributed by atoms with Crippen molar-refractivity contribution in [2.24, 2.45) is 5.92 Å². The fraction of sp³-hybridized carbons (Fsp3) is 0.929. The fourth-order valence-electron chi connectivity index (χ4n) is 3.29. The van der Waals surface area contributed by atoms with Crippen LogP contribution < -0.4 is 5.32 Å². The molecule has 2 aliphatic rings. The Hall–Kier alpha value is -0.580. The van der Waals surface area contributed by atoms with Crippen molar-refractivity contribution in [2.45, 2.75) is 63.8 Å². The average Bonchev–Trinajstić information content (AvgIpc) is 2.80. The maximum absolute atomic E-state index is 11.8. The van der Waals surface area contributed by atoms with Gasteiger partial charge in [-0.25, -0.2) is 8.42 Å². The van der Waals surface area contributed by atoms with Crippen LogP contribution in [0.25, 0.3) is 0 Å². The van der Waals surface area contributed by atoms with Crippen LogP contribution in [0.5, 0.6) is 0 Å². The molecule has 4 nitrogen and oxygen atoms in total. The van der Waals surface area contributed by atoms with Crippen LogP contribution in [-0.4, -0.2) is 31.9 Å². The highest BCUT2D eigenvalue weighted by atomic mass is 32.2. The minimum Gasteiger partial charge on any atom is -0.352 e. The van der Waals surface area contributed by atoms with Crippen LogP contribution in [0.2, 0.25) is 0 Å². The van der Waals surface area contributed by atoms with Gasteiger partial charge in [-0.15, -0.1) is 0 Å². The fourth-order valence-corrected chi connectivity index (χ4v) is 4.92. The molecule has 110 valence electrons. The van der Waals surface area contributed by atoms with Gasteiger partial charge < -0.3 is 5.32 Å². The maximum atomic E-state index is 11.8. The van der Waals surface area contributed by atoms with E-state index < -0.39 is 9.84 Å². The molecule has 1 aliphatic carbocycles. The maximum Gasteiger partial charge on any atom is 0.220 e. The molecule has 1 heterocycles. The first-order chi connectivity index (χ1) is 9.05. The van der Waals surface area contributed by atoms with E-state index >= 15 is 0 Å². The summed E-state index contributed by atoms with van der Waals surface area (Å²) in [5.41, 5.74) is 0. The van der Waals surface area contributed by atoms with E-state index in [0.717, 1.165) is 25.2 Å². The van der Waals surface area contributed by atoms with E-state index in [1.54, 1.807) is 0 Å². The lowest BCUT2D eigenvalue weighted by atomic mass is 10.0. The highest BCUT2D eigenvalue weighted by molar-refractivity contribution is 7.91. The van der Waals surface area contributed by atoms with Crippen molar-refractivity contribution in [1.82, 2.24) is 5.32 Å². The molecule has 1 amide bonds. The second-order valence-corrected chi connectivity index (χ2v) is 8.29. The predicted octanol–water partition coefficient (Wildman–Crippen LogP) is 2.04. The highest BCUT2D eigenvalue weighted by Gasteiger charge is 2.25. The normalized spacial score (nSPS) is 27.3. The van der Waals surface area contributed by atoms with Gasteiger partial charge in [0, 0.05) is 12.5 Å². The zero-order chi connectivity index (χ0) is 13.7. The molecule has 0 spiro atoms. The third-order valence-corrected chi connectivity index (χ3v) is 6.14. The summed E-state index contributed by atoms with van der Waals surface area (Å²) in [6.45, 7) is 0. The molecule has 1 unspecified atom stereocenters. The molecule has 1 atom stereocenters. The number of hydrogen-bond donors (Lipinski definition) is 1. The van der Waals surface area contributed by atoms with Crippen molar-refractivity contribution in [3.63, 3.8) is 0 Å². The van der Waals surface area contributed by atoms with Gasteiger partial charge in [-0.1, -0.05) is 25.7 Å². The Balaban J connectivity index is 1.63. The quantitative estimate of drug-likeness (QED) is 0.841. The zero-order valence-electron chi connectivity index (χ0n) is 11.6. The van der Waals surface area contributed by atoms with Gasteiger partial charge in [0.05, 0.1) is 11.5 Å². The predicted molar refractivity (Wildman–Crippen MR) is 75.6 cm³/mol. The Bertz CT molecular complexity index is 399. The van der Waals surface area contributed by atoms with E-state index in [0.29, 0.717) is 12.8 Å². The number of rotatable bonds is 5. The minimum absolute atomic E-state index is 0.0279. The monoisotopic (exact) mass is 287 g/mol. The number of hydrogen-bond acceptors (Lipinski definition) is 3. The number of carbonyl (C=O) groups excluding carboxylic acids is 1. The van der Waals surface area contributed by atoms with Gasteiger partial charge >= 0.3 is 0 Å². The van der Waals surface area contributed by atoms with E-state index in [-0.39, 0.29) is 23.5 Å². The largest absolute Gasteiger partial charge is 0.352 e. The minimum atomic E-state index is -2.93. The number of amides is 1. The molecular formula is C14H25NO3S. The first-order valence-electron chi connectivity index (χ1n) is 7.55. The summed E-state index contributed by atoms with van der Waals surface area (Å²) >= 11 is 0. The summed E-state index contributed by atoms with van der Waals surface area (Å²) in [5, 5.41) is 2.88.